The lowest BCUT2D eigenvalue weighted by Crippen LogP contribution is -2.38. The SMILES string of the molecule is COc1ccc(C2CC(=O)N(CC(=O)Nc3cc(C(F)(F)F)ccc3Cl)c3ccccc3S2(=O)=O)cc1OC. The molecular weight excluding hydrogens is 561 g/mol. The number of benzene rings is 3. The lowest BCUT2D eigenvalue weighted by molar-refractivity contribution is -0.137. The number of halogens is 4. The van der Waals surface area contributed by atoms with Crippen LogP contribution in [0.25, 0.3) is 0 Å². The Kier molecular flexibility index (Phi) is 7.80. The zero-order valence-corrected chi connectivity index (χ0v) is 22.2. The molecule has 0 saturated carbocycles. The smallest absolute Gasteiger partial charge is 0.416 e. The topological polar surface area (TPSA) is 102 Å². The minimum atomic E-state index is -4.67. The summed E-state index contributed by atoms with van der Waals surface area (Å²) in [5, 5.41) is 0.837. The number of alkyl halides is 3. The average Bonchev–Trinajstić information content (AvgIpc) is 2.97. The molecule has 3 aromatic carbocycles. The third-order valence-electron chi connectivity index (χ3n) is 6.15. The van der Waals surface area contributed by atoms with Gasteiger partial charge in [0.25, 0.3) is 0 Å². The highest BCUT2D eigenvalue weighted by atomic mass is 35.5. The molecule has 0 fully saturated rings. The number of amides is 2. The van der Waals surface area contributed by atoms with Gasteiger partial charge in [0.05, 0.1) is 46.3 Å². The molecular formula is C26H22ClF3N2O6S. The van der Waals surface area contributed by atoms with Crippen LogP contribution in [0.5, 0.6) is 11.5 Å². The fourth-order valence-corrected chi connectivity index (χ4v) is 6.32. The summed E-state index contributed by atoms with van der Waals surface area (Å²) in [5.41, 5.74) is -1.08. The molecule has 39 heavy (non-hydrogen) atoms. The van der Waals surface area contributed by atoms with Gasteiger partial charge >= 0.3 is 6.18 Å². The number of hydrogen-bond donors (Lipinski definition) is 1. The summed E-state index contributed by atoms with van der Waals surface area (Å²) in [6, 6.07) is 12.6. The number of nitrogens with zero attached hydrogens (tertiary/aromatic N) is 1. The second kappa shape index (κ2) is 10.8. The second-order valence-electron chi connectivity index (χ2n) is 8.54. The van der Waals surface area contributed by atoms with Crippen LogP contribution in [0.2, 0.25) is 5.02 Å². The van der Waals surface area contributed by atoms with Gasteiger partial charge in [0.2, 0.25) is 11.8 Å². The monoisotopic (exact) mass is 582 g/mol. The van der Waals surface area contributed by atoms with E-state index in [1.807, 2.05) is 0 Å². The Morgan fingerprint density at radius 1 is 1.05 bits per heavy atom. The zero-order valence-electron chi connectivity index (χ0n) is 20.6. The fraction of sp³-hybridized carbons (Fsp3) is 0.231. The summed E-state index contributed by atoms with van der Waals surface area (Å²) in [4.78, 5) is 27.1. The highest BCUT2D eigenvalue weighted by Crippen LogP contribution is 2.42. The second-order valence-corrected chi connectivity index (χ2v) is 11.0. The van der Waals surface area contributed by atoms with Gasteiger partial charge in [-0.2, -0.15) is 13.2 Å². The molecule has 1 heterocycles. The van der Waals surface area contributed by atoms with Crippen LogP contribution in [0.3, 0.4) is 0 Å². The zero-order chi connectivity index (χ0) is 28.5. The average molecular weight is 583 g/mol. The van der Waals surface area contributed by atoms with Gasteiger partial charge in [0.15, 0.2) is 21.3 Å². The number of sulfone groups is 1. The van der Waals surface area contributed by atoms with Crippen LogP contribution in [0, 0.1) is 0 Å². The number of carbonyl (C=O) groups is 2. The lowest BCUT2D eigenvalue weighted by atomic mass is 10.1. The Labute approximate surface area is 227 Å². The van der Waals surface area contributed by atoms with E-state index in [1.54, 1.807) is 0 Å². The Balaban J connectivity index is 1.69. The molecule has 1 atom stereocenters. The van der Waals surface area contributed by atoms with Crippen LogP contribution in [-0.4, -0.2) is 41.0 Å². The van der Waals surface area contributed by atoms with Crippen molar-refractivity contribution in [2.24, 2.45) is 0 Å². The van der Waals surface area contributed by atoms with Crippen LogP contribution in [0.4, 0.5) is 24.5 Å². The first-order valence-corrected chi connectivity index (χ1v) is 13.3. The number of fused-ring (bicyclic) bond motifs is 1. The first kappa shape index (κ1) is 28.2. The first-order chi connectivity index (χ1) is 18.4. The fourth-order valence-electron chi connectivity index (χ4n) is 4.24. The van der Waals surface area contributed by atoms with Gasteiger partial charge in [0.1, 0.15) is 6.54 Å². The van der Waals surface area contributed by atoms with E-state index in [-0.39, 0.29) is 32.6 Å². The van der Waals surface area contributed by atoms with Crippen molar-refractivity contribution in [2.75, 3.05) is 31.0 Å². The number of anilines is 2. The molecule has 3 aromatic rings. The number of rotatable bonds is 6. The molecule has 206 valence electrons. The minimum Gasteiger partial charge on any atom is -0.493 e. The highest BCUT2D eigenvalue weighted by Gasteiger charge is 2.40. The summed E-state index contributed by atoms with van der Waals surface area (Å²) >= 11 is 5.98. The summed E-state index contributed by atoms with van der Waals surface area (Å²) in [6.45, 7) is -0.670. The molecule has 1 aliphatic heterocycles. The minimum absolute atomic E-state index is 0.0317. The van der Waals surface area contributed by atoms with E-state index in [9.17, 15) is 31.2 Å². The highest BCUT2D eigenvalue weighted by molar-refractivity contribution is 7.92. The predicted octanol–water partition coefficient (Wildman–Crippen LogP) is 5.27. The van der Waals surface area contributed by atoms with Gasteiger partial charge in [-0.25, -0.2) is 8.42 Å². The van der Waals surface area contributed by atoms with Crippen LogP contribution in [0.15, 0.2) is 65.6 Å². The number of hydrogen-bond acceptors (Lipinski definition) is 6. The van der Waals surface area contributed by atoms with Crippen molar-refractivity contribution >= 4 is 44.6 Å². The molecule has 4 rings (SSSR count). The normalized spacial score (nSPS) is 16.7. The van der Waals surface area contributed by atoms with E-state index in [0.717, 1.165) is 17.0 Å². The van der Waals surface area contributed by atoms with Crippen molar-refractivity contribution < 1.29 is 40.7 Å². The quantitative estimate of drug-likeness (QED) is 0.425. The van der Waals surface area contributed by atoms with Crippen molar-refractivity contribution in [3.63, 3.8) is 0 Å². The van der Waals surface area contributed by atoms with E-state index in [2.05, 4.69) is 5.32 Å². The molecule has 2 amide bonds. The Morgan fingerprint density at radius 2 is 1.74 bits per heavy atom. The van der Waals surface area contributed by atoms with E-state index < -0.39 is 51.6 Å². The van der Waals surface area contributed by atoms with Gasteiger partial charge in [-0.15, -0.1) is 0 Å². The third-order valence-corrected chi connectivity index (χ3v) is 8.62. The summed E-state index contributed by atoms with van der Waals surface area (Å²) in [6.07, 6.45) is -5.18. The van der Waals surface area contributed by atoms with E-state index in [1.165, 1.54) is 56.7 Å². The maximum atomic E-state index is 13.7. The van der Waals surface area contributed by atoms with Crippen molar-refractivity contribution in [3.8, 4) is 11.5 Å². The third kappa shape index (κ3) is 5.66. The molecule has 0 aliphatic carbocycles. The summed E-state index contributed by atoms with van der Waals surface area (Å²) < 4.78 is 77.4. The van der Waals surface area contributed by atoms with Crippen molar-refractivity contribution in [1.82, 2.24) is 0 Å². The van der Waals surface area contributed by atoms with Gasteiger partial charge in [-0.1, -0.05) is 29.8 Å². The van der Waals surface area contributed by atoms with Gasteiger partial charge in [-0.05, 0) is 48.0 Å². The van der Waals surface area contributed by atoms with Crippen LogP contribution in [0.1, 0.15) is 22.8 Å². The van der Waals surface area contributed by atoms with E-state index >= 15 is 0 Å². The molecule has 1 aliphatic rings. The van der Waals surface area contributed by atoms with Crippen molar-refractivity contribution in [3.05, 3.63) is 76.8 Å². The Hall–Kier alpha value is -3.77. The molecule has 1 N–H and O–H groups in total. The van der Waals surface area contributed by atoms with E-state index in [4.69, 9.17) is 21.1 Å². The van der Waals surface area contributed by atoms with Crippen LogP contribution >= 0.6 is 11.6 Å². The maximum Gasteiger partial charge on any atom is 0.416 e. The Morgan fingerprint density at radius 3 is 2.41 bits per heavy atom. The number of nitrogens with one attached hydrogen (secondary N) is 1. The molecule has 13 heteroatoms. The summed E-state index contributed by atoms with van der Waals surface area (Å²) in [7, 11) is -1.33. The van der Waals surface area contributed by atoms with Crippen molar-refractivity contribution in [1.29, 1.82) is 0 Å². The molecule has 8 nitrogen and oxygen atoms in total. The number of para-hydroxylation sites is 1. The van der Waals surface area contributed by atoms with Crippen molar-refractivity contribution in [2.45, 2.75) is 22.7 Å². The maximum absolute atomic E-state index is 13.7. The summed E-state index contributed by atoms with van der Waals surface area (Å²) in [5.74, 6) is -0.926. The van der Waals surface area contributed by atoms with Gasteiger partial charge in [0, 0.05) is 6.42 Å². The largest absolute Gasteiger partial charge is 0.493 e. The molecule has 0 radical (unpaired) electrons. The van der Waals surface area contributed by atoms with Gasteiger partial charge < -0.3 is 19.7 Å². The number of carbonyl (C=O) groups excluding carboxylic acids is 2. The van der Waals surface area contributed by atoms with E-state index in [0.29, 0.717) is 11.8 Å². The van der Waals surface area contributed by atoms with Crippen LogP contribution in [-0.2, 0) is 25.6 Å². The molecule has 0 aromatic heterocycles. The molecule has 0 saturated heterocycles. The number of methoxy groups -OCH3 is 2. The standard InChI is InChI=1S/C26H22ClF3N2O6S/c1-37-20-10-7-15(11-21(20)38-2)23-13-25(34)32(19-5-3-4-6-22(19)39(23,35)36)14-24(33)31-18-12-16(26(28,29)30)8-9-17(18)27/h3-12,23H,13-14H2,1-2H3,(H,31,33). The van der Waals surface area contributed by atoms with Gasteiger partial charge in [-0.3, -0.25) is 9.59 Å². The Bertz CT molecular complexity index is 1540. The molecule has 0 bridgehead atoms. The molecule has 1 unspecified atom stereocenters. The lowest BCUT2D eigenvalue weighted by Gasteiger charge is -2.22. The number of ether oxygens (including phenoxy) is 2. The van der Waals surface area contributed by atoms with Crippen LogP contribution < -0.4 is 19.7 Å². The molecule has 0 spiro atoms. The predicted molar refractivity (Wildman–Crippen MR) is 138 cm³/mol. The first-order valence-electron chi connectivity index (χ1n) is 11.4.